The maximum Gasteiger partial charge on any atom is 0.0180 e. The molecule has 0 heterocycles. The van der Waals surface area contributed by atoms with Gasteiger partial charge in [-0.1, -0.05) is 66.2 Å². The molecule has 0 radical (unpaired) electrons. The van der Waals surface area contributed by atoms with Crippen molar-refractivity contribution in [2.24, 2.45) is 11.7 Å². The Morgan fingerprint density at radius 2 is 1.29 bits per heavy atom. The fourth-order valence-corrected chi connectivity index (χ4v) is 2.43. The molecule has 0 aromatic heterocycles. The first kappa shape index (κ1) is 19.6. The summed E-state index contributed by atoms with van der Waals surface area (Å²) in [5.74, 6) is 0.686. The highest BCUT2D eigenvalue weighted by molar-refractivity contribution is 5.85. The molecule has 0 amide bonds. The van der Waals surface area contributed by atoms with Crippen LogP contribution in [0.25, 0.3) is 0 Å². The molecule has 1 unspecified atom stereocenters. The largest absolute Gasteiger partial charge is 0.325 e. The summed E-state index contributed by atoms with van der Waals surface area (Å²) in [5.41, 5.74) is 6.77. The van der Waals surface area contributed by atoms with Crippen LogP contribution in [0, 0.1) is 5.92 Å². The van der Waals surface area contributed by atoms with E-state index < -0.39 is 0 Å². The highest BCUT2D eigenvalue weighted by Gasteiger charge is 2.29. The minimum Gasteiger partial charge on any atom is -0.325 e. The molecule has 0 saturated heterocycles. The van der Waals surface area contributed by atoms with Crippen LogP contribution in [0.15, 0.2) is 0 Å². The summed E-state index contributed by atoms with van der Waals surface area (Å²) in [6.07, 6.45) is 11.5. The molecule has 0 aliphatic carbocycles. The molecule has 2 N–H and O–H groups in total. The third-order valence-electron chi connectivity index (χ3n) is 3.96. The lowest BCUT2D eigenvalue weighted by Gasteiger charge is -2.36. The Balaban J connectivity index is 0. The van der Waals surface area contributed by atoms with Crippen LogP contribution < -0.4 is 5.73 Å². The summed E-state index contributed by atoms with van der Waals surface area (Å²) < 4.78 is 0. The van der Waals surface area contributed by atoms with E-state index in [1.807, 2.05) is 0 Å². The lowest BCUT2D eigenvalue weighted by molar-refractivity contribution is 0.224. The zero-order valence-corrected chi connectivity index (χ0v) is 13.2. The summed E-state index contributed by atoms with van der Waals surface area (Å²) in [6, 6.07) is 0. The number of unbranched alkanes of at least 4 members (excludes halogenated alkanes) is 3. The second-order valence-corrected chi connectivity index (χ2v) is 5.48. The van der Waals surface area contributed by atoms with Crippen LogP contribution in [0.4, 0.5) is 0 Å². The first-order valence-corrected chi connectivity index (χ1v) is 7.39. The molecule has 17 heavy (non-hydrogen) atoms. The van der Waals surface area contributed by atoms with E-state index in [9.17, 15) is 0 Å². The van der Waals surface area contributed by atoms with Crippen molar-refractivity contribution in [3.05, 3.63) is 0 Å². The fraction of sp³-hybridized carbons (Fsp3) is 1.00. The van der Waals surface area contributed by atoms with Gasteiger partial charge >= 0.3 is 0 Å². The Labute approximate surface area is 115 Å². The van der Waals surface area contributed by atoms with Gasteiger partial charge in [-0.15, -0.1) is 12.4 Å². The molecule has 0 aliphatic heterocycles. The predicted molar refractivity (Wildman–Crippen MR) is 81.9 cm³/mol. The maximum absolute atomic E-state index is 6.65. The van der Waals surface area contributed by atoms with Crippen LogP contribution >= 0.6 is 12.4 Å². The van der Waals surface area contributed by atoms with E-state index in [4.69, 9.17) is 5.73 Å². The van der Waals surface area contributed by atoms with Crippen LogP contribution in [0.5, 0.6) is 0 Å². The Bertz CT molecular complexity index is 151. The summed E-state index contributed by atoms with van der Waals surface area (Å²) in [7, 11) is 0. The van der Waals surface area contributed by atoms with E-state index in [0.717, 1.165) is 0 Å². The molecule has 0 fully saturated rings. The molecular formula is C15H34ClN. The lowest BCUT2D eigenvalue weighted by atomic mass is 9.76. The summed E-state index contributed by atoms with van der Waals surface area (Å²) >= 11 is 0. The second kappa shape index (κ2) is 11.3. The van der Waals surface area contributed by atoms with Gasteiger partial charge < -0.3 is 5.73 Å². The van der Waals surface area contributed by atoms with Crippen molar-refractivity contribution >= 4 is 12.4 Å². The Morgan fingerprint density at radius 3 is 1.65 bits per heavy atom. The Hall–Kier alpha value is 0.250. The van der Waals surface area contributed by atoms with Crippen LogP contribution in [-0.2, 0) is 0 Å². The molecule has 106 valence electrons. The summed E-state index contributed by atoms with van der Waals surface area (Å²) in [5, 5.41) is 0. The van der Waals surface area contributed by atoms with E-state index in [1.165, 1.54) is 57.8 Å². The standard InChI is InChI=1S/C15H33N.ClH/c1-5-8-11-14(4)15(16,12-9-6-2)13-10-7-3;/h14H,5-13,16H2,1-4H3;1H. The molecule has 0 aromatic carbocycles. The maximum atomic E-state index is 6.65. The molecule has 2 heteroatoms. The van der Waals surface area contributed by atoms with Crippen molar-refractivity contribution in [1.82, 2.24) is 0 Å². The first-order valence-electron chi connectivity index (χ1n) is 7.39. The number of hydrogen-bond acceptors (Lipinski definition) is 1. The number of halogens is 1. The fourth-order valence-electron chi connectivity index (χ4n) is 2.43. The van der Waals surface area contributed by atoms with E-state index in [0.29, 0.717) is 5.92 Å². The molecule has 0 spiro atoms. The van der Waals surface area contributed by atoms with E-state index in [1.54, 1.807) is 0 Å². The van der Waals surface area contributed by atoms with Crippen molar-refractivity contribution in [1.29, 1.82) is 0 Å². The van der Waals surface area contributed by atoms with Gasteiger partial charge in [0.05, 0.1) is 0 Å². The molecular weight excluding hydrogens is 230 g/mol. The van der Waals surface area contributed by atoms with Gasteiger partial charge in [0.15, 0.2) is 0 Å². The lowest BCUT2D eigenvalue weighted by Crippen LogP contribution is -2.46. The molecule has 0 rings (SSSR count). The van der Waals surface area contributed by atoms with Crippen molar-refractivity contribution < 1.29 is 0 Å². The van der Waals surface area contributed by atoms with Gasteiger partial charge in [-0.05, 0) is 25.2 Å². The van der Waals surface area contributed by atoms with Crippen LogP contribution in [0.2, 0.25) is 0 Å². The zero-order valence-electron chi connectivity index (χ0n) is 12.4. The van der Waals surface area contributed by atoms with E-state index in [2.05, 4.69) is 27.7 Å². The zero-order chi connectivity index (χ0) is 12.4. The highest BCUT2D eigenvalue weighted by atomic mass is 35.5. The average Bonchev–Trinajstić information content (AvgIpc) is 2.30. The minimum absolute atomic E-state index is 0. The Kier molecular flexibility index (Phi) is 13.1. The van der Waals surface area contributed by atoms with Gasteiger partial charge in [0.25, 0.3) is 0 Å². The van der Waals surface area contributed by atoms with Gasteiger partial charge in [-0.25, -0.2) is 0 Å². The smallest absolute Gasteiger partial charge is 0.0180 e. The molecule has 1 nitrogen and oxygen atoms in total. The van der Waals surface area contributed by atoms with Crippen LogP contribution in [0.1, 0.15) is 85.5 Å². The van der Waals surface area contributed by atoms with E-state index >= 15 is 0 Å². The third-order valence-corrected chi connectivity index (χ3v) is 3.96. The summed E-state index contributed by atoms with van der Waals surface area (Å²) in [6.45, 7) is 9.15. The third kappa shape index (κ3) is 8.05. The number of rotatable bonds is 10. The second-order valence-electron chi connectivity index (χ2n) is 5.48. The van der Waals surface area contributed by atoms with Crippen molar-refractivity contribution in [3.63, 3.8) is 0 Å². The number of nitrogens with two attached hydrogens (primary N) is 1. The van der Waals surface area contributed by atoms with E-state index in [-0.39, 0.29) is 17.9 Å². The van der Waals surface area contributed by atoms with Crippen molar-refractivity contribution in [2.75, 3.05) is 0 Å². The van der Waals surface area contributed by atoms with Crippen LogP contribution in [0.3, 0.4) is 0 Å². The molecule has 0 saturated carbocycles. The van der Waals surface area contributed by atoms with Gasteiger partial charge in [0.2, 0.25) is 0 Å². The minimum atomic E-state index is 0. The molecule has 0 aromatic rings. The quantitative estimate of drug-likeness (QED) is 0.568. The van der Waals surface area contributed by atoms with Crippen LogP contribution in [-0.4, -0.2) is 5.54 Å². The molecule has 0 bridgehead atoms. The monoisotopic (exact) mass is 263 g/mol. The molecule has 0 aliphatic rings. The normalized spacial score (nSPS) is 13.2. The number of hydrogen-bond donors (Lipinski definition) is 1. The topological polar surface area (TPSA) is 26.0 Å². The summed E-state index contributed by atoms with van der Waals surface area (Å²) in [4.78, 5) is 0. The highest BCUT2D eigenvalue weighted by Crippen LogP contribution is 2.30. The van der Waals surface area contributed by atoms with Crippen molar-refractivity contribution in [3.8, 4) is 0 Å². The van der Waals surface area contributed by atoms with Gasteiger partial charge in [0.1, 0.15) is 0 Å². The predicted octanol–water partition coefficient (Wildman–Crippen LogP) is 5.31. The van der Waals surface area contributed by atoms with Gasteiger partial charge in [-0.3, -0.25) is 0 Å². The average molecular weight is 264 g/mol. The molecule has 1 atom stereocenters. The van der Waals surface area contributed by atoms with Gasteiger partial charge in [0, 0.05) is 5.54 Å². The SMILES string of the molecule is CCCCC(C)C(N)(CCCC)CCCC.Cl. The van der Waals surface area contributed by atoms with Crippen molar-refractivity contribution in [2.45, 2.75) is 91.0 Å². The first-order chi connectivity index (χ1) is 7.60. The van der Waals surface area contributed by atoms with Gasteiger partial charge in [-0.2, -0.15) is 0 Å². The Morgan fingerprint density at radius 1 is 0.882 bits per heavy atom.